The summed E-state index contributed by atoms with van der Waals surface area (Å²) < 4.78 is 7.85. The van der Waals surface area contributed by atoms with Crippen LogP contribution in [0.2, 0.25) is 0 Å². The fourth-order valence-electron chi connectivity index (χ4n) is 2.58. The van der Waals surface area contributed by atoms with Crippen LogP contribution in [0, 0.1) is 0 Å². The Hall–Kier alpha value is -0.870. The summed E-state index contributed by atoms with van der Waals surface area (Å²) in [6, 6.07) is 0. The summed E-state index contributed by atoms with van der Waals surface area (Å²) in [5, 5.41) is 0. The van der Waals surface area contributed by atoms with Crippen molar-refractivity contribution in [3.8, 4) is 0 Å². The van der Waals surface area contributed by atoms with Gasteiger partial charge >= 0.3 is 0 Å². The van der Waals surface area contributed by atoms with Crippen LogP contribution in [0.5, 0.6) is 0 Å². The maximum Gasteiger partial charge on any atom is 0.0948 e. The Balaban J connectivity index is 1.66. The molecule has 1 aliphatic rings. The van der Waals surface area contributed by atoms with Gasteiger partial charge in [-0.15, -0.1) is 0 Å². The van der Waals surface area contributed by atoms with Crippen LogP contribution in [-0.2, 0) is 17.8 Å². The Labute approximate surface area is 110 Å². The first-order chi connectivity index (χ1) is 8.79. The molecule has 0 saturated carbocycles. The minimum Gasteiger partial charge on any atom is -0.378 e. The predicted octanol–water partition coefficient (Wildman–Crippen LogP) is 2.29. The second-order valence-corrected chi connectivity index (χ2v) is 5.19. The van der Waals surface area contributed by atoms with E-state index in [-0.39, 0.29) is 0 Å². The molecule has 1 aromatic heterocycles. The van der Waals surface area contributed by atoms with Crippen molar-refractivity contribution in [3.63, 3.8) is 0 Å². The first-order valence-corrected chi connectivity index (χ1v) is 7.08. The lowest BCUT2D eigenvalue weighted by molar-refractivity contribution is 0.0994. The predicted molar refractivity (Wildman–Crippen MR) is 72.4 cm³/mol. The van der Waals surface area contributed by atoms with Crippen LogP contribution in [0.3, 0.4) is 0 Å². The Morgan fingerprint density at radius 1 is 1.56 bits per heavy atom. The first-order valence-electron chi connectivity index (χ1n) is 7.08. The molecule has 1 aliphatic heterocycles. The molecule has 0 spiro atoms. The van der Waals surface area contributed by atoms with Crippen molar-refractivity contribution in [1.29, 1.82) is 0 Å². The number of aromatic nitrogens is 2. The topological polar surface area (TPSA) is 30.3 Å². The van der Waals surface area contributed by atoms with Gasteiger partial charge in [0.1, 0.15) is 0 Å². The van der Waals surface area contributed by atoms with E-state index in [2.05, 4.69) is 28.4 Å². The minimum absolute atomic E-state index is 0.527. The number of imidazole rings is 1. The fourth-order valence-corrected chi connectivity index (χ4v) is 2.58. The van der Waals surface area contributed by atoms with Crippen molar-refractivity contribution in [2.75, 3.05) is 20.2 Å². The van der Waals surface area contributed by atoms with Gasteiger partial charge in [-0.1, -0.05) is 0 Å². The molecule has 0 bridgehead atoms. The molecule has 0 aliphatic carbocycles. The number of rotatable bonds is 7. The molecule has 0 amide bonds. The van der Waals surface area contributed by atoms with Gasteiger partial charge in [-0.3, -0.25) is 0 Å². The van der Waals surface area contributed by atoms with Gasteiger partial charge in [-0.25, -0.2) is 4.98 Å². The lowest BCUT2D eigenvalue weighted by atomic mass is 10.1. The van der Waals surface area contributed by atoms with E-state index in [0.717, 1.165) is 26.2 Å². The molecule has 0 aromatic carbocycles. The van der Waals surface area contributed by atoms with Crippen LogP contribution in [0.4, 0.5) is 0 Å². The Bertz CT molecular complexity index is 345. The monoisotopic (exact) mass is 251 g/mol. The maximum absolute atomic E-state index is 5.64. The highest BCUT2D eigenvalue weighted by molar-refractivity contribution is 4.97. The van der Waals surface area contributed by atoms with Crippen LogP contribution < -0.4 is 0 Å². The summed E-state index contributed by atoms with van der Waals surface area (Å²) >= 11 is 0. The van der Waals surface area contributed by atoms with E-state index in [4.69, 9.17) is 4.74 Å². The van der Waals surface area contributed by atoms with E-state index in [1.54, 1.807) is 0 Å². The summed E-state index contributed by atoms with van der Waals surface area (Å²) in [5.41, 5.74) is 1.30. The number of hydrogen-bond acceptors (Lipinski definition) is 3. The molecule has 0 radical (unpaired) electrons. The highest BCUT2D eigenvalue weighted by Gasteiger charge is 2.15. The third kappa shape index (κ3) is 3.82. The molecule has 102 valence electrons. The number of nitrogens with zero attached hydrogens (tertiary/aromatic N) is 3. The summed E-state index contributed by atoms with van der Waals surface area (Å²) in [5.74, 6) is 0. The second kappa shape index (κ2) is 6.90. The maximum atomic E-state index is 5.64. The Kier molecular flexibility index (Phi) is 5.20. The second-order valence-electron chi connectivity index (χ2n) is 5.19. The van der Waals surface area contributed by atoms with Crippen molar-refractivity contribution in [2.45, 2.75) is 51.8 Å². The van der Waals surface area contributed by atoms with Crippen LogP contribution >= 0.6 is 0 Å². The molecule has 1 aromatic rings. The lowest BCUT2D eigenvalue weighted by Crippen LogP contribution is -2.22. The molecule has 2 rings (SSSR count). The van der Waals surface area contributed by atoms with Crippen LogP contribution in [-0.4, -0.2) is 40.8 Å². The smallest absolute Gasteiger partial charge is 0.0948 e. The van der Waals surface area contributed by atoms with Gasteiger partial charge < -0.3 is 14.2 Å². The zero-order valence-corrected chi connectivity index (χ0v) is 11.6. The first kappa shape index (κ1) is 13.6. The quantitative estimate of drug-likeness (QED) is 0.745. The van der Waals surface area contributed by atoms with E-state index in [1.807, 2.05) is 12.5 Å². The van der Waals surface area contributed by atoms with Gasteiger partial charge in [0, 0.05) is 25.9 Å². The van der Waals surface area contributed by atoms with E-state index in [0.29, 0.717) is 6.10 Å². The van der Waals surface area contributed by atoms with E-state index in [9.17, 15) is 0 Å². The minimum atomic E-state index is 0.527. The number of ether oxygens (including phenoxy) is 1. The van der Waals surface area contributed by atoms with Crippen LogP contribution in [0.15, 0.2) is 12.5 Å². The van der Waals surface area contributed by atoms with Crippen molar-refractivity contribution in [2.24, 2.45) is 0 Å². The summed E-state index contributed by atoms with van der Waals surface area (Å²) in [6.07, 6.45) is 9.34. The summed E-state index contributed by atoms with van der Waals surface area (Å²) in [7, 11) is 2.18. The van der Waals surface area contributed by atoms with Crippen molar-refractivity contribution >= 4 is 0 Å². The van der Waals surface area contributed by atoms with E-state index in [1.165, 1.54) is 31.4 Å². The Morgan fingerprint density at radius 2 is 2.44 bits per heavy atom. The number of hydrogen-bond donors (Lipinski definition) is 0. The molecule has 4 nitrogen and oxygen atoms in total. The molecule has 1 saturated heterocycles. The largest absolute Gasteiger partial charge is 0.378 e. The summed E-state index contributed by atoms with van der Waals surface area (Å²) in [4.78, 5) is 6.58. The van der Waals surface area contributed by atoms with Crippen molar-refractivity contribution in [3.05, 3.63) is 18.2 Å². The molecule has 1 fully saturated rings. The molecule has 0 N–H and O–H groups in total. The third-order valence-corrected chi connectivity index (χ3v) is 3.66. The van der Waals surface area contributed by atoms with Crippen molar-refractivity contribution in [1.82, 2.24) is 14.5 Å². The SMILES string of the molecule is CCn1cncc1CN(C)CCC[C@H]1CCCO1. The molecule has 0 unspecified atom stereocenters. The van der Waals surface area contributed by atoms with Gasteiger partial charge in [0.2, 0.25) is 0 Å². The van der Waals surface area contributed by atoms with Crippen molar-refractivity contribution < 1.29 is 4.74 Å². The normalized spacial score (nSPS) is 19.8. The Morgan fingerprint density at radius 3 is 3.17 bits per heavy atom. The van der Waals surface area contributed by atoms with Gasteiger partial charge in [0.05, 0.1) is 18.1 Å². The highest BCUT2D eigenvalue weighted by atomic mass is 16.5. The van der Waals surface area contributed by atoms with E-state index < -0.39 is 0 Å². The molecule has 2 heterocycles. The highest BCUT2D eigenvalue weighted by Crippen LogP contribution is 2.17. The summed E-state index contributed by atoms with van der Waals surface area (Å²) in [6.45, 7) is 6.24. The lowest BCUT2D eigenvalue weighted by Gasteiger charge is -2.18. The zero-order valence-electron chi connectivity index (χ0n) is 11.6. The fraction of sp³-hybridized carbons (Fsp3) is 0.786. The number of aryl methyl sites for hydroxylation is 1. The van der Waals surface area contributed by atoms with Gasteiger partial charge in [0.15, 0.2) is 0 Å². The molecular formula is C14H25N3O. The standard InChI is InChI=1S/C14H25N3O/c1-3-17-12-15-10-13(17)11-16(2)8-4-6-14-7-5-9-18-14/h10,12,14H,3-9,11H2,1-2H3/t14-/m0/s1. The molecule has 18 heavy (non-hydrogen) atoms. The zero-order chi connectivity index (χ0) is 12.8. The van der Waals surface area contributed by atoms with E-state index >= 15 is 0 Å². The molecular weight excluding hydrogens is 226 g/mol. The van der Waals surface area contributed by atoms with Gasteiger partial charge in [-0.05, 0) is 46.2 Å². The van der Waals surface area contributed by atoms with Crippen LogP contribution in [0.25, 0.3) is 0 Å². The van der Waals surface area contributed by atoms with Gasteiger partial charge in [-0.2, -0.15) is 0 Å². The average Bonchev–Trinajstić information content (AvgIpc) is 3.00. The molecule has 4 heteroatoms. The van der Waals surface area contributed by atoms with Gasteiger partial charge in [0.25, 0.3) is 0 Å². The molecule has 1 atom stereocenters. The average molecular weight is 251 g/mol. The third-order valence-electron chi connectivity index (χ3n) is 3.66. The van der Waals surface area contributed by atoms with Crippen LogP contribution in [0.1, 0.15) is 38.3 Å².